The van der Waals surface area contributed by atoms with Crippen LogP contribution in [0.2, 0.25) is 5.02 Å². The summed E-state index contributed by atoms with van der Waals surface area (Å²) < 4.78 is 5.32. The normalized spacial score (nSPS) is 10.1. The van der Waals surface area contributed by atoms with Gasteiger partial charge in [-0.25, -0.2) is 0 Å². The van der Waals surface area contributed by atoms with E-state index < -0.39 is 0 Å². The topological polar surface area (TPSA) is 67.4 Å². The smallest absolute Gasteiger partial charge is 0.251 e. The Hall–Kier alpha value is -2.53. The summed E-state index contributed by atoms with van der Waals surface area (Å²) in [6, 6.07) is 12.0. The highest BCUT2D eigenvalue weighted by Crippen LogP contribution is 2.19. The number of amides is 2. The van der Waals surface area contributed by atoms with Crippen molar-refractivity contribution in [1.29, 1.82) is 0 Å². The van der Waals surface area contributed by atoms with E-state index in [-0.39, 0.29) is 18.4 Å². The molecule has 0 bridgehead atoms. The standard InChI is InChI=1S/C18H19ClN2O3/c1-3-24-15-8-5-13(6-9-15)18(23)20-11-17(22)21-14-7-4-12(2)16(19)10-14/h4-10H,3,11H2,1-2H3,(H,20,23)(H,21,22). The third-order valence-corrected chi connectivity index (χ3v) is 3.70. The molecule has 6 heteroatoms. The molecule has 0 aliphatic carbocycles. The maximum Gasteiger partial charge on any atom is 0.251 e. The number of nitrogens with one attached hydrogen (secondary N) is 2. The van der Waals surface area contributed by atoms with Gasteiger partial charge in [-0.05, 0) is 55.8 Å². The van der Waals surface area contributed by atoms with E-state index in [2.05, 4.69) is 10.6 Å². The van der Waals surface area contributed by atoms with Gasteiger partial charge in [-0.2, -0.15) is 0 Å². The van der Waals surface area contributed by atoms with Gasteiger partial charge in [-0.3, -0.25) is 9.59 Å². The number of ether oxygens (including phenoxy) is 1. The van der Waals surface area contributed by atoms with Crippen LogP contribution in [0.1, 0.15) is 22.8 Å². The molecule has 5 nitrogen and oxygen atoms in total. The van der Waals surface area contributed by atoms with Gasteiger partial charge in [-0.1, -0.05) is 17.7 Å². The second-order valence-electron chi connectivity index (χ2n) is 5.15. The number of carbonyl (C=O) groups excluding carboxylic acids is 2. The van der Waals surface area contributed by atoms with Crippen LogP contribution in [-0.4, -0.2) is 25.0 Å². The Morgan fingerprint density at radius 2 is 1.83 bits per heavy atom. The molecule has 0 saturated heterocycles. The molecule has 126 valence electrons. The summed E-state index contributed by atoms with van der Waals surface area (Å²) in [5.74, 6) is 0.0485. The molecule has 2 aromatic rings. The predicted molar refractivity (Wildman–Crippen MR) is 94.8 cm³/mol. The molecule has 0 unspecified atom stereocenters. The van der Waals surface area contributed by atoms with E-state index in [1.165, 1.54) is 0 Å². The van der Waals surface area contributed by atoms with Crippen molar-refractivity contribution in [1.82, 2.24) is 5.32 Å². The van der Waals surface area contributed by atoms with E-state index in [4.69, 9.17) is 16.3 Å². The average molecular weight is 347 g/mol. The van der Waals surface area contributed by atoms with Crippen molar-refractivity contribution in [2.75, 3.05) is 18.5 Å². The second-order valence-corrected chi connectivity index (χ2v) is 5.56. The van der Waals surface area contributed by atoms with E-state index >= 15 is 0 Å². The monoisotopic (exact) mass is 346 g/mol. The van der Waals surface area contributed by atoms with Crippen molar-refractivity contribution < 1.29 is 14.3 Å². The summed E-state index contributed by atoms with van der Waals surface area (Å²) in [6.45, 7) is 4.21. The lowest BCUT2D eigenvalue weighted by Gasteiger charge is -2.09. The van der Waals surface area contributed by atoms with Crippen LogP contribution in [0.15, 0.2) is 42.5 Å². The largest absolute Gasteiger partial charge is 0.494 e. The summed E-state index contributed by atoms with van der Waals surface area (Å²) in [4.78, 5) is 23.9. The fourth-order valence-electron chi connectivity index (χ4n) is 2.01. The quantitative estimate of drug-likeness (QED) is 0.842. The first-order chi connectivity index (χ1) is 11.5. The third kappa shape index (κ3) is 4.99. The first-order valence-electron chi connectivity index (χ1n) is 7.56. The van der Waals surface area contributed by atoms with E-state index in [0.29, 0.717) is 28.6 Å². The summed E-state index contributed by atoms with van der Waals surface area (Å²) in [5.41, 5.74) is 1.98. The molecule has 0 atom stereocenters. The molecule has 0 saturated carbocycles. The highest BCUT2D eigenvalue weighted by atomic mass is 35.5. The number of benzene rings is 2. The molecule has 0 fully saturated rings. The first kappa shape index (κ1) is 17.8. The van der Waals surface area contributed by atoms with Crippen molar-refractivity contribution in [2.24, 2.45) is 0 Å². The van der Waals surface area contributed by atoms with Crippen LogP contribution in [0.4, 0.5) is 5.69 Å². The van der Waals surface area contributed by atoms with E-state index in [1.54, 1.807) is 36.4 Å². The van der Waals surface area contributed by atoms with Gasteiger partial charge in [-0.15, -0.1) is 0 Å². The number of anilines is 1. The Kier molecular flexibility index (Phi) is 6.21. The number of rotatable bonds is 6. The molecular weight excluding hydrogens is 328 g/mol. The Balaban J connectivity index is 1.86. The maximum absolute atomic E-state index is 12.0. The van der Waals surface area contributed by atoms with Crippen LogP contribution in [0.25, 0.3) is 0 Å². The molecule has 24 heavy (non-hydrogen) atoms. The van der Waals surface area contributed by atoms with Crippen molar-refractivity contribution in [3.63, 3.8) is 0 Å². The van der Waals surface area contributed by atoms with Crippen molar-refractivity contribution in [2.45, 2.75) is 13.8 Å². The molecule has 0 aliphatic heterocycles. The zero-order valence-electron chi connectivity index (χ0n) is 13.6. The molecule has 0 aliphatic rings. The SMILES string of the molecule is CCOc1ccc(C(=O)NCC(=O)Nc2ccc(C)c(Cl)c2)cc1. The fourth-order valence-corrected chi connectivity index (χ4v) is 2.19. The average Bonchev–Trinajstić information content (AvgIpc) is 2.57. The summed E-state index contributed by atoms with van der Waals surface area (Å²) >= 11 is 6.01. The van der Waals surface area contributed by atoms with Crippen LogP contribution < -0.4 is 15.4 Å². The lowest BCUT2D eigenvalue weighted by atomic mass is 10.2. The van der Waals surface area contributed by atoms with Crippen LogP contribution >= 0.6 is 11.6 Å². The van der Waals surface area contributed by atoms with Gasteiger partial charge >= 0.3 is 0 Å². The summed E-state index contributed by atoms with van der Waals surface area (Å²) in [5, 5.41) is 5.83. The second kappa shape index (κ2) is 8.36. The molecule has 0 aromatic heterocycles. The van der Waals surface area contributed by atoms with Crippen LogP contribution in [0.5, 0.6) is 5.75 Å². The minimum absolute atomic E-state index is 0.127. The van der Waals surface area contributed by atoms with Gasteiger partial charge < -0.3 is 15.4 Å². The number of halogens is 1. The van der Waals surface area contributed by atoms with E-state index in [0.717, 1.165) is 5.56 Å². The van der Waals surface area contributed by atoms with Crippen LogP contribution in [-0.2, 0) is 4.79 Å². The molecule has 2 amide bonds. The lowest BCUT2D eigenvalue weighted by molar-refractivity contribution is -0.115. The highest BCUT2D eigenvalue weighted by molar-refractivity contribution is 6.31. The van der Waals surface area contributed by atoms with Crippen molar-refractivity contribution in [3.8, 4) is 5.75 Å². The number of aryl methyl sites for hydroxylation is 1. The Labute approximate surface area is 146 Å². The van der Waals surface area contributed by atoms with Gasteiger partial charge in [0.1, 0.15) is 5.75 Å². The van der Waals surface area contributed by atoms with Crippen molar-refractivity contribution in [3.05, 3.63) is 58.6 Å². The zero-order valence-corrected chi connectivity index (χ0v) is 14.3. The first-order valence-corrected chi connectivity index (χ1v) is 7.94. The number of hydrogen-bond donors (Lipinski definition) is 2. The molecule has 2 rings (SSSR count). The fraction of sp³-hybridized carbons (Fsp3) is 0.222. The van der Waals surface area contributed by atoms with Crippen LogP contribution in [0.3, 0.4) is 0 Å². The third-order valence-electron chi connectivity index (χ3n) is 3.29. The Morgan fingerprint density at radius 3 is 2.46 bits per heavy atom. The van der Waals surface area contributed by atoms with Gasteiger partial charge in [0.25, 0.3) is 5.91 Å². The van der Waals surface area contributed by atoms with E-state index in [1.807, 2.05) is 19.9 Å². The molecule has 0 radical (unpaired) electrons. The molecular formula is C18H19ClN2O3. The van der Waals surface area contributed by atoms with Gasteiger partial charge in [0.2, 0.25) is 5.91 Å². The van der Waals surface area contributed by atoms with Gasteiger partial charge in [0.15, 0.2) is 0 Å². The van der Waals surface area contributed by atoms with Gasteiger partial charge in [0.05, 0.1) is 13.2 Å². The van der Waals surface area contributed by atoms with Gasteiger partial charge in [0, 0.05) is 16.3 Å². The van der Waals surface area contributed by atoms with Crippen molar-refractivity contribution >= 4 is 29.1 Å². The molecule has 0 heterocycles. The Bertz CT molecular complexity index is 730. The predicted octanol–water partition coefficient (Wildman–Crippen LogP) is 3.42. The highest BCUT2D eigenvalue weighted by Gasteiger charge is 2.09. The zero-order chi connectivity index (χ0) is 17.5. The number of carbonyl (C=O) groups is 2. The lowest BCUT2D eigenvalue weighted by Crippen LogP contribution is -2.32. The Morgan fingerprint density at radius 1 is 1.12 bits per heavy atom. The minimum Gasteiger partial charge on any atom is -0.494 e. The van der Waals surface area contributed by atoms with Crippen LogP contribution in [0, 0.1) is 6.92 Å². The molecule has 2 aromatic carbocycles. The molecule has 2 N–H and O–H groups in total. The summed E-state index contributed by atoms with van der Waals surface area (Å²) in [7, 11) is 0. The maximum atomic E-state index is 12.0. The number of hydrogen-bond acceptors (Lipinski definition) is 3. The summed E-state index contributed by atoms with van der Waals surface area (Å²) in [6.07, 6.45) is 0. The molecule has 0 spiro atoms. The minimum atomic E-state index is -0.325. The van der Waals surface area contributed by atoms with E-state index in [9.17, 15) is 9.59 Å².